The molecule has 0 heterocycles. The molecule has 0 amide bonds. The van der Waals surface area contributed by atoms with Crippen molar-refractivity contribution in [3.05, 3.63) is 0 Å². The second-order valence-corrected chi connectivity index (χ2v) is 5.03. The van der Waals surface area contributed by atoms with Crippen LogP contribution in [0.15, 0.2) is 0 Å². The fraction of sp³-hybridized carbons (Fsp3) is 1.00. The molecule has 0 fully saturated rings. The average Bonchev–Trinajstić information content (AvgIpc) is 2.03. The van der Waals surface area contributed by atoms with Gasteiger partial charge in [-0.05, 0) is 6.92 Å². The summed E-state index contributed by atoms with van der Waals surface area (Å²) in [6.07, 6.45) is 0. The molecule has 2 unspecified atom stereocenters. The summed E-state index contributed by atoms with van der Waals surface area (Å²) < 4.78 is 8.95. The minimum atomic E-state index is -0.987. The fourth-order valence-corrected chi connectivity index (χ4v) is 1.84. The van der Waals surface area contributed by atoms with E-state index in [1.54, 1.807) is 0 Å². The molecule has 0 aromatic rings. The summed E-state index contributed by atoms with van der Waals surface area (Å²) in [5.74, 6) is 0. The van der Waals surface area contributed by atoms with Crippen molar-refractivity contribution in [2.45, 2.75) is 12.9 Å². The van der Waals surface area contributed by atoms with Crippen molar-refractivity contribution in [3.8, 4) is 0 Å². The number of hydrogen-bond donors (Lipinski definition) is 1. The Balaban J connectivity index is 3.85. The van der Waals surface area contributed by atoms with Crippen LogP contribution in [0.25, 0.3) is 0 Å². The van der Waals surface area contributed by atoms with Crippen LogP contribution in [0.3, 0.4) is 0 Å². The molecule has 6 heteroatoms. The van der Waals surface area contributed by atoms with Gasteiger partial charge in [-0.2, -0.15) is 0 Å². The molecular weight excluding hydrogens is 184 g/mol. The minimum Gasteiger partial charge on any atom is -0.387 e. The van der Waals surface area contributed by atoms with Gasteiger partial charge in [-0.25, -0.2) is 0 Å². The number of hydrogen-bond acceptors (Lipinski definition) is 2. The molecule has 0 aromatic heterocycles. The largest absolute Gasteiger partial charge is 0.395 e. The van der Waals surface area contributed by atoms with Crippen LogP contribution in [0.5, 0.6) is 0 Å². The molecule has 0 aliphatic rings. The second kappa shape index (κ2) is 6.49. The van der Waals surface area contributed by atoms with Crippen LogP contribution >= 0.6 is 8.01 Å². The molecule has 0 rings (SSSR count). The SMILES string of the molecule is [B]C(CN(C)[P+](=N)N(C)C)OCC. The van der Waals surface area contributed by atoms with Crippen LogP contribution in [-0.4, -0.2) is 57.5 Å². The first-order valence-electron chi connectivity index (χ1n) is 4.25. The summed E-state index contributed by atoms with van der Waals surface area (Å²) in [4.78, 5) is 0. The van der Waals surface area contributed by atoms with E-state index in [0.29, 0.717) is 13.2 Å². The first-order valence-corrected chi connectivity index (χ1v) is 5.50. The van der Waals surface area contributed by atoms with E-state index in [2.05, 4.69) is 0 Å². The van der Waals surface area contributed by atoms with Crippen LogP contribution in [-0.2, 0) is 4.74 Å². The van der Waals surface area contributed by atoms with Gasteiger partial charge in [-0.1, -0.05) is 9.83 Å². The Morgan fingerprint density at radius 1 is 1.46 bits per heavy atom. The molecule has 2 atom stereocenters. The van der Waals surface area contributed by atoms with E-state index in [0.717, 1.165) is 0 Å². The summed E-state index contributed by atoms with van der Waals surface area (Å²) in [5.41, 5.74) is 0. The van der Waals surface area contributed by atoms with Gasteiger partial charge in [0.15, 0.2) is 0 Å². The molecule has 0 saturated heterocycles. The van der Waals surface area contributed by atoms with E-state index in [9.17, 15) is 0 Å². The van der Waals surface area contributed by atoms with Crippen molar-refractivity contribution >= 4 is 15.9 Å². The highest BCUT2D eigenvalue weighted by molar-refractivity contribution is 7.40. The average molecular weight is 202 g/mol. The molecule has 0 bridgehead atoms. The number of rotatable bonds is 6. The Morgan fingerprint density at radius 3 is 2.38 bits per heavy atom. The van der Waals surface area contributed by atoms with Gasteiger partial charge in [0.1, 0.15) is 7.85 Å². The smallest absolute Gasteiger partial charge is 0.387 e. The minimum absolute atomic E-state index is 0.287. The third-order valence-electron chi connectivity index (χ3n) is 1.53. The summed E-state index contributed by atoms with van der Waals surface area (Å²) >= 11 is 0. The van der Waals surface area contributed by atoms with E-state index in [1.165, 1.54) is 0 Å². The standard InChI is InChI=1S/C7H18BN3OP/c1-5-12-7(8)6-11(4)13(9)10(2)3/h7,9H,5-6H2,1-4H3/q+1. The highest BCUT2D eigenvalue weighted by Crippen LogP contribution is 2.27. The van der Waals surface area contributed by atoms with E-state index in [1.807, 2.05) is 37.4 Å². The Bertz CT molecular complexity index is 168. The molecule has 1 N–H and O–H groups in total. The Hall–Kier alpha value is 0.0449. The van der Waals surface area contributed by atoms with Crippen molar-refractivity contribution in [1.29, 1.82) is 5.16 Å². The summed E-state index contributed by atoms with van der Waals surface area (Å²) in [5, 5.41) is 7.76. The zero-order chi connectivity index (χ0) is 10.4. The first kappa shape index (κ1) is 13.0. The zero-order valence-corrected chi connectivity index (χ0v) is 9.71. The third-order valence-corrected chi connectivity index (χ3v) is 3.10. The zero-order valence-electron chi connectivity index (χ0n) is 8.82. The van der Waals surface area contributed by atoms with Gasteiger partial charge in [0, 0.05) is 33.8 Å². The summed E-state index contributed by atoms with van der Waals surface area (Å²) in [7, 11) is 10.3. The van der Waals surface area contributed by atoms with Crippen molar-refractivity contribution in [2.24, 2.45) is 0 Å². The summed E-state index contributed by atoms with van der Waals surface area (Å²) in [6, 6.07) is -0.287. The Morgan fingerprint density at radius 2 is 2.00 bits per heavy atom. The lowest BCUT2D eigenvalue weighted by molar-refractivity contribution is 0.108. The van der Waals surface area contributed by atoms with Gasteiger partial charge in [0.2, 0.25) is 0 Å². The number of likely N-dealkylation sites (N-methyl/N-ethyl adjacent to an activating group) is 1. The maximum absolute atomic E-state index is 7.76. The first-order chi connectivity index (χ1) is 5.99. The molecule has 0 spiro atoms. The van der Waals surface area contributed by atoms with E-state index < -0.39 is 8.01 Å². The van der Waals surface area contributed by atoms with Gasteiger partial charge >= 0.3 is 8.01 Å². The second-order valence-electron chi connectivity index (χ2n) is 2.97. The van der Waals surface area contributed by atoms with E-state index >= 15 is 0 Å². The number of nitrogens with zero attached hydrogens (tertiary/aromatic N) is 2. The van der Waals surface area contributed by atoms with Gasteiger partial charge in [-0.15, -0.1) is 4.67 Å². The predicted molar refractivity (Wildman–Crippen MR) is 57.1 cm³/mol. The van der Waals surface area contributed by atoms with Gasteiger partial charge in [0.05, 0.1) is 6.54 Å². The molecule has 0 aromatic carbocycles. The van der Waals surface area contributed by atoms with Crippen molar-refractivity contribution in [3.63, 3.8) is 0 Å². The predicted octanol–water partition coefficient (Wildman–Crippen LogP) is 1.09. The molecule has 0 aliphatic carbocycles. The van der Waals surface area contributed by atoms with Crippen molar-refractivity contribution < 1.29 is 4.74 Å². The summed E-state index contributed by atoms with van der Waals surface area (Å²) in [6.45, 7) is 3.13. The quantitative estimate of drug-likeness (QED) is 0.517. The number of nitrogens with one attached hydrogen (secondary N) is 1. The van der Waals surface area contributed by atoms with Crippen LogP contribution in [0.4, 0.5) is 0 Å². The van der Waals surface area contributed by atoms with Crippen molar-refractivity contribution in [1.82, 2.24) is 9.34 Å². The molecule has 0 saturated carbocycles. The monoisotopic (exact) mass is 202 g/mol. The lowest BCUT2D eigenvalue weighted by Gasteiger charge is -2.15. The van der Waals surface area contributed by atoms with Crippen LogP contribution in [0.2, 0.25) is 0 Å². The topological polar surface area (TPSA) is 39.6 Å². The van der Waals surface area contributed by atoms with Gasteiger partial charge < -0.3 is 4.74 Å². The van der Waals surface area contributed by atoms with Gasteiger partial charge in [-0.3, -0.25) is 0 Å². The third kappa shape index (κ3) is 5.37. The molecule has 4 nitrogen and oxygen atoms in total. The molecule has 13 heavy (non-hydrogen) atoms. The Labute approximate surface area is 83.0 Å². The molecular formula is C7H18BN3OP+. The van der Waals surface area contributed by atoms with Crippen LogP contribution in [0, 0.1) is 5.16 Å². The lowest BCUT2D eigenvalue weighted by atomic mass is 10.0. The number of ether oxygens (including phenoxy) is 1. The molecule has 0 aliphatic heterocycles. The fourth-order valence-electron chi connectivity index (χ4n) is 0.910. The normalized spacial score (nSPS) is 15.1. The van der Waals surface area contributed by atoms with Crippen molar-refractivity contribution in [2.75, 3.05) is 34.3 Å². The van der Waals surface area contributed by atoms with Crippen LogP contribution in [0.1, 0.15) is 6.92 Å². The highest BCUT2D eigenvalue weighted by atomic mass is 31.1. The molecule has 2 radical (unpaired) electrons. The Kier molecular flexibility index (Phi) is 6.51. The maximum Gasteiger partial charge on any atom is 0.395 e. The highest BCUT2D eigenvalue weighted by Gasteiger charge is 2.23. The van der Waals surface area contributed by atoms with Crippen LogP contribution < -0.4 is 0 Å². The van der Waals surface area contributed by atoms with E-state index in [-0.39, 0.29) is 6.00 Å². The lowest BCUT2D eigenvalue weighted by Crippen LogP contribution is -2.29. The maximum atomic E-state index is 7.76. The van der Waals surface area contributed by atoms with E-state index in [4.69, 9.17) is 17.7 Å². The molecule has 74 valence electrons. The van der Waals surface area contributed by atoms with Gasteiger partial charge in [0.25, 0.3) is 0 Å².